The summed E-state index contributed by atoms with van der Waals surface area (Å²) in [6.07, 6.45) is 0. The van der Waals surface area contributed by atoms with Gasteiger partial charge in [-0.1, -0.05) is 22.3 Å². The van der Waals surface area contributed by atoms with Gasteiger partial charge in [-0.25, -0.2) is 0 Å². The number of hydrogen-bond donors (Lipinski definition) is 0. The molecule has 0 heterocycles. The minimum Gasteiger partial charge on any atom is -0.0776 e. The lowest BCUT2D eigenvalue weighted by molar-refractivity contribution is 0.788. The van der Waals surface area contributed by atoms with Crippen molar-refractivity contribution in [1.82, 2.24) is 0 Å². The van der Waals surface area contributed by atoms with E-state index in [9.17, 15) is 0 Å². The molecule has 0 bridgehead atoms. The molecule has 17 heavy (non-hydrogen) atoms. The molecule has 88 valence electrons. The molecule has 18 aliphatic carbocycles. The number of rotatable bonds is 0. The van der Waals surface area contributed by atoms with Crippen molar-refractivity contribution in [3.05, 3.63) is 0 Å². The Labute approximate surface area is 103 Å². The maximum atomic E-state index is 1.40. The maximum absolute atomic E-state index is 1.40. The molecule has 0 aromatic heterocycles. The molecule has 0 saturated heterocycles. The summed E-state index contributed by atoms with van der Waals surface area (Å²) in [5.74, 6) is 10.9. The fourth-order valence-electron chi connectivity index (χ4n) is 8.27. The Balaban J connectivity index is 0.0000000523. The molecule has 0 atom stereocenters. The van der Waals surface area contributed by atoms with Crippen LogP contribution in [0, 0.1) is 79.8 Å². The first kappa shape index (κ1) is 7.56. The second kappa shape index (κ2) is 1.00. The fraction of sp³-hybridized carbons (Fsp3) is 1.00. The second-order valence-corrected chi connectivity index (χ2v) is 9.26. The first-order valence-corrected chi connectivity index (χ1v) is 6.96. The third kappa shape index (κ3) is 0.241. The van der Waals surface area contributed by atoms with Crippen LogP contribution in [0.1, 0.15) is 22.3 Å². The van der Waals surface area contributed by atoms with Crippen molar-refractivity contribution in [2.45, 2.75) is 22.3 Å². The molecule has 0 radical (unpaired) electrons. The van der Waals surface area contributed by atoms with Crippen molar-refractivity contribution in [3.8, 4) is 0 Å². The zero-order chi connectivity index (χ0) is 7.62. The van der Waals surface area contributed by atoms with E-state index in [1.54, 1.807) is 0 Å². The Hall–Kier alpha value is 0. The molecule has 18 fully saturated rings. The third-order valence-corrected chi connectivity index (χ3v) is 10.5. The molecular formula is C17H20. The normalized spacial score (nSPS) is 119. The standard InChI is InChI=1S/2C5H2.C4H4.3CH4/c2*1-3-2-4(1,3)5(1,2)3;1-2-3(1)4(1)2;;;/h2*1-2H;1-4H;3*1H4. The molecule has 0 aromatic rings. The predicted molar refractivity (Wildman–Crippen MR) is 62.7 cm³/mol. The first-order chi connectivity index (χ1) is 6.96. The third-order valence-electron chi connectivity index (χ3n) is 10.5. The lowest BCUT2D eigenvalue weighted by Gasteiger charge is -1.66. The molecule has 0 unspecified atom stereocenters. The van der Waals surface area contributed by atoms with Gasteiger partial charge < -0.3 is 0 Å². The molecule has 6 spiro atoms. The van der Waals surface area contributed by atoms with E-state index in [1.807, 2.05) is 0 Å². The summed E-state index contributed by atoms with van der Waals surface area (Å²) in [5, 5.41) is 0. The predicted octanol–water partition coefficient (Wildman–Crippen LogP) is 2.89. The second-order valence-electron chi connectivity index (χ2n) is 9.26. The van der Waals surface area contributed by atoms with Gasteiger partial charge in [-0.05, 0) is 79.8 Å². The fourth-order valence-corrected chi connectivity index (χ4v) is 8.27. The zero-order valence-electron chi connectivity index (χ0n) is 7.62. The van der Waals surface area contributed by atoms with Gasteiger partial charge in [-0.15, -0.1) is 0 Å². The summed E-state index contributed by atoms with van der Waals surface area (Å²) in [6.45, 7) is 0. The first-order valence-electron chi connectivity index (χ1n) is 6.96. The van der Waals surface area contributed by atoms with Crippen LogP contribution >= 0.6 is 0 Å². The van der Waals surface area contributed by atoms with Crippen LogP contribution in [0.4, 0.5) is 0 Å². The molecule has 0 aromatic carbocycles. The highest BCUT2D eigenvalue weighted by Gasteiger charge is 3.64. The van der Waals surface area contributed by atoms with Crippen molar-refractivity contribution in [2.75, 3.05) is 0 Å². The molecule has 18 saturated carbocycles. The lowest BCUT2D eigenvalue weighted by atomic mass is 10.4. The zero-order valence-corrected chi connectivity index (χ0v) is 7.62. The summed E-state index contributed by atoms with van der Waals surface area (Å²) in [7, 11) is 0. The van der Waals surface area contributed by atoms with Gasteiger partial charge in [0.15, 0.2) is 0 Å². The average Bonchev–Trinajstić information content (AvgIpc) is 2.50. The number of hydrogen-bond acceptors (Lipinski definition) is 0. The molecule has 0 amide bonds. The van der Waals surface area contributed by atoms with Crippen LogP contribution in [0.2, 0.25) is 0 Å². The monoisotopic (exact) mass is 224 g/mol. The van der Waals surface area contributed by atoms with Crippen LogP contribution in [0.3, 0.4) is 0 Å². The van der Waals surface area contributed by atoms with Crippen LogP contribution in [0.5, 0.6) is 0 Å². The minimum atomic E-state index is 0. The topological polar surface area (TPSA) is 0 Å². The van der Waals surface area contributed by atoms with Gasteiger partial charge >= 0.3 is 0 Å². The van der Waals surface area contributed by atoms with E-state index in [2.05, 4.69) is 0 Å². The Morgan fingerprint density at radius 3 is 0.471 bits per heavy atom. The van der Waals surface area contributed by atoms with Gasteiger partial charge in [-0.3, -0.25) is 0 Å². The molecule has 0 N–H and O–H groups in total. The van der Waals surface area contributed by atoms with E-state index in [0.717, 1.165) is 0 Å². The summed E-state index contributed by atoms with van der Waals surface area (Å²) < 4.78 is 0. The maximum Gasteiger partial charge on any atom is -0.00808 e. The van der Waals surface area contributed by atoms with Crippen LogP contribution in [0.25, 0.3) is 0 Å². The van der Waals surface area contributed by atoms with Crippen LogP contribution in [-0.2, 0) is 0 Å². The van der Waals surface area contributed by atoms with E-state index < -0.39 is 0 Å². The average molecular weight is 224 g/mol. The Bertz CT molecular complexity index is 482. The molecular weight excluding hydrogens is 204 g/mol. The summed E-state index contributed by atoms with van der Waals surface area (Å²) in [4.78, 5) is 0. The van der Waals surface area contributed by atoms with Gasteiger partial charge in [0.1, 0.15) is 0 Å². The van der Waals surface area contributed by atoms with Crippen molar-refractivity contribution in [2.24, 2.45) is 79.8 Å². The highest BCUT2D eigenvalue weighted by Crippen LogP contribution is 3.65. The molecule has 0 nitrogen and oxygen atoms in total. The SMILES string of the molecule is C.C.C.C12C34C5C13C254.C12C34C5C13C254.C12C3C1C23. The van der Waals surface area contributed by atoms with Crippen molar-refractivity contribution < 1.29 is 0 Å². The van der Waals surface area contributed by atoms with Gasteiger partial charge in [0, 0.05) is 0 Å². The quantitative estimate of drug-likeness (QED) is 0.593. The van der Waals surface area contributed by atoms with Crippen molar-refractivity contribution in [3.63, 3.8) is 0 Å². The molecule has 0 heteroatoms. The van der Waals surface area contributed by atoms with E-state index in [-0.39, 0.29) is 22.3 Å². The van der Waals surface area contributed by atoms with Crippen LogP contribution in [-0.4, -0.2) is 0 Å². The molecule has 0 aliphatic heterocycles. The van der Waals surface area contributed by atoms with Crippen molar-refractivity contribution in [1.29, 1.82) is 0 Å². The smallest absolute Gasteiger partial charge is 0.00808 e. The minimum absolute atomic E-state index is 0. The highest BCUT2D eigenvalue weighted by molar-refractivity contribution is 6.08. The largest absolute Gasteiger partial charge is 0.0776 e. The van der Waals surface area contributed by atoms with Gasteiger partial charge in [0.25, 0.3) is 0 Å². The summed E-state index contributed by atoms with van der Waals surface area (Å²) in [5.41, 5.74) is 7.25. The van der Waals surface area contributed by atoms with Gasteiger partial charge in [0.2, 0.25) is 0 Å². The van der Waals surface area contributed by atoms with E-state index in [1.165, 1.54) is 79.8 Å². The van der Waals surface area contributed by atoms with E-state index in [0.29, 0.717) is 0 Å². The van der Waals surface area contributed by atoms with E-state index in [4.69, 9.17) is 0 Å². The van der Waals surface area contributed by atoms with E-state index >= 15 is 0 Å². The Kier molecular flexibility index (Phi) is 0.444. The molecule has 18 rings (SSSR count). The van der Waals surface area contributed by atoms with Gasteiger partial charge in [-0.2, -0.15) is 0 Å². The van der Waals surface area contributed by atoms with Crippen LogP contribution < -0.4 is 0 Å². The summed E-state index contributed by atoms with van der Waals surface area (Å²) >= 11 is 0. The lowest BCUT2D eigenvalue weighted by Crippen LogP contribution is -1.65. The highest BCUT2D eigenvalue weighted by atomic mass is 15.7. The van der Waals surface area contributed by atoms with Crippen molar-refractivity contribution >= 4 is 0 Å². The van der Waals surface area contributed by atoms with Gasteiger partial charge in [0.05, 0.1) is 0 Å². The molecule has 18 aliphatic rings. The Morgan fingerprint density at radius 1 is 0.353 bits per heavy atom. The van der Waals surface area contributed by atoms with Crippen LogP contribution in [0.15, 0.2) is 0 Å². The summed E-state index contributed by atoms with van der Waals surface area (Å²) in [6, 6.07) is 0. The Morgan fingerprint density at radius 2 is 0.471 bits per heavy atom.